The van der Waals surface area contributed by atoms with Gasteiger partial charge in [0.15, 0.2) is 0 Å². The maximum atomic E-state index is 5.69. The minimum atomic E-state index is 0.828. The predicted octanol–water partition coefficient (Wildman–Crippen LogP) is 2.80. The van der Waals surface area contributed by atoms with Gasteiger partial charge in [0.25, 0.3) is 0 Å². The first-order valence-electron chi connectivity index (χ1n) is 5.44. The van der Waals surface area contributed by atoms with Crippen LogP contribution < -0.4 is 5.73 Å². The molecule has 0 spiro atoms. The van der Waals surface area contributed by atoms with Crippen LogP contribution in [0.3, 0.4) is 0 Å². The van der Waals surface area contributed by atoms with E-state index in [1.165, 1.54) is 32.1 Å². The van der Waals surface area contributed by atoms with Gasteiger partial charge in [-0.2, -0.15) is 0 Å². The van der Waals surface area contributed by atoms with E-state index in [9.17, 15) is 0 Å². The lowest BCUT2D eigenvalue weighted by atomic mass is 9.88. The molecule has 1 aliphatic rings. The maximum absolute atomic E-state index is 5.69. The van der Waals surface area contributed by atoms with Crippen molar-refractivity contribution >= 4 is 0 Å². The minimum Gasteiger partial charge on any atom is -0.330 e. The molecule has 2 N–H and O–H groups in total. The third-order valence-electron chi connectivity index (χ3n) is 3.41. The average Bonchev–Trinajstić information content (AvgIpc) is 2.28. The predicted molar refractivity (Wildman–Crippen MR) is 54.0 cm³/mol. The van der Waals surface area contributed by atoms with Crippen molar-refractivity contribution in [3.8, 4) is 0 Å². The Morgan fingerprint density at radius 2 is 1.92 bits per heavy atom. The highest BCUT2D eigenvalue weighted by atomic mass is 14.5. The molecular weight excluding hydrogens is 146 g/mol. The fraction of sp³-hybridized carbons (Fsp3) is 1.00. The molecule has 0 aromatic carbocycles. The normalized spacial score (nSPS) is 32.0. The highest BCUT2D eigenvalue weighted by Crippen LogP contribution is 2.30. The zero-order chi connectivity index (χ0) is 8.97. The van der Waals surface area contributed by atoms with E-state index < -0.39 is 0 Å². The zero-order valence-electron chi connectivity index (χ0n) is 8.55. The lowest BCUT2D eigenvalue weighted by molar-refractivity contribution is 0.337. The lowest BCUT2D eigenvalue weighted by Crippen LogP contribution is -2.13. The highest BCUT2D eigenvalue weighted by molar-refractivity contribution is 4.72. The molecule has 1 unspecified atom stereocenters. The summed E-state index contributed by atoms with van der Waals surface area (Å²) >= 11 is 0. The molecule has 2 atom stereocenters. The van der Waals surface area contributed by atoms with Crippen molar-refractivity contribution in [2.75, 3.05) is 6.54 Å². The summed E-state index contributed by atoms with van der Waals surface area (Å²) in [6.07, 6.45) is 7.01. The van der Waals surface area contributed by atoms with Gasteiger partial charge in [0.2, 0.25) is 0 Å². The van der Waals surface area contributed by atoms with Crippen molar-refractivity contribution in [1.82, 2.24) is 0 Å². The molecule has 1 saturated carbocycles. The Bertz CT molecular complexity index is 120. The molecule has 1 nitrogen and oxygen atoms in total. The Balaban J connectivity index is 2.34. The van der Waals surface area contributed by atoms with E-state index in [1.807, 2.05) is 0 Å². The second kappa shape index (κ2) is 4.86. The molecule has 0 saturated heterocycles. The van der Waals surface area contributed by atoms with Gasteiger partial charge in [-0.25, -0.2) is 0 Å². The second-order valence-electron chi connectivity index (χ2n) is 4.61. The summed E-state index contributed by atoms with van der Waals surface area (Å²) in [7, 11) is 0. The smallest absolute Gasteiger partial charge is 0.00489 e. The summed E-state index contributed by atoms with van der Waals surface area (Å²) in [5.41, 5.74) is 5.69. The summed E-state index contributed by atoms with van der Waals surface area (Å²) in [6, 6.07) is 0. The van der Waals surface area contributed by atoms with Gasteiger partial charge >= 0.3 is 0 Å². The fourth-order valence-electron chi connectivity index (χ4n) is 2.31. The quantitative estimate of drug-likeness (QED) is 0.632. The van der Waals surface area contributed by atoms with Gasteiger partial charge in [0.05, 0.1) is 0 Å². The van der Waals surface area contributed by atoms with Crippen LogP contribution in [0.4, 0.5) is 0 Å². The van der Waals surface area contributed by atoms with Crippen LogP contribution in [0.2, 0.25) is 0 Å². The summed E-state index contributed by atoms with van der Waals surface area (Å²) in [4.78, 5) is 0. The van der Waals surface area contributed by atoms with E-state index in [2.05, 4.69) is 13.8 Å². The first kappa shape index (κ1) is 10.0. The first-order valence-corrected chi connectivity index (χ1v) is 5.44. The van der Waals surface area contributed by atoms with E-state index in [0.29, 0.717) is 0 Å². The summed E-state index contributed by atoms with van der Waals surface area (Å²) < 4.78 is 0. The van der Waals surface area contributed by atoms with Crippen molar-refractivity contribution in [3.63, 3.8) is 0 Å². The number of nitrogens with two attached hydrogens (primary N) is 1. The van der Waals surface area contributed by atoms with Gasteiger partial charge in [0.1, 0.15) is 0 Å². The van der Waals surface area contributed by atoms with Crippen LogP contribution >= 0.6 is 0 Å². The topological polar surface area (TPSA) is 26.0 Å². The van der Waals surface area contributed by atoms with E-state index in [4.69, 9.17) is 5.73 Å². The van der Waals surface area contributed by atoms with Crippen molar-refractivity contribution < 1.29 is 0 Å². The van der Waals surface area contributed by atoms with E-state index >= 15 is 0 Å². The Labute approximate surface area is 76.7 Å². The van der Waals surface area contributed by atoms with Crippen LogP contribution in [0.1, 0.15) is 46.0 Å². The second-order valence-corrected chi connectivity index (χ2v) is 4.61. The highest BCUT2D eigenvalue weighted by Gasteiger charge is 2.19. The van der Waals surface area contributed by atoms with Crippen LogP contribution in [0.5, 0.6) is 0 Å². The Kier molecular flexibility index (Phi) is 4.07. The number of hydrogen-bond acceptors (Lipinski definition) is 1. The maximum Gasteiger partial charge on any atom is -0.00489 e. The Morgan fingerprint density at radius 3 is 2.50 bits per heavy atom. The molecule has 0 amide bonds. The SMILES string of the molecule is CC(C)[C@H]1CCCC(CN)CC1. The third-order valence-corrected chi connectivity index (χ3v) is 3.41. The van der Waals surface area contributed by atoms with Crippen molar-refractivity contribution in [1.29, 1.82) is 0 Å². The molecule has 12 heavy (non-hydrogen) atoms. The zero-order valence-corrected chi connectivity index (χ0v) is 8.55. The minimum absolute atomic E-state index is 0.828. The van der Waals surface area contributed by atoms with Crippen molar-refractivity contribution in [2.24, 2.45) is 23.5 Å². The molecule has 1 heteroatoms. The van der Waals surface area contributed by atoms with Gasteiger partial charge in [-0.1, -0.05) is 26.7 Å². The standard InChI is InChI=1S/C11H23N/c1-9(2)11-5-3-4-10(8-12)6-7-11/h9-11H,3-8,12H2,1-2H3/t10?,11-/m0/s1. The fourth-order valence-corrected chi connectivity index (χ4v) is 2.31. The summed E-state index contributed by atoms with van der Waals surface area (Å²) in [5.74, 6) is 2.68. The van der Waals surface area contributed by atoms with E-state index in [0.717, 1.165) is 24.3 Å². The molecular formula is C11H23N. The van der Waals surface area contributed by atoms with Crippen LogP contribution in [0, 0.1) is 17.8 Å². The number of hydrogen-bond donors (Lipinski definition) is 1. The molecule has 1 rings (SSSR count). The van der Waals surface area contributed by atoms with Gasteiger partial charge in [-0.15, -0.1) is 0 Å². The van der Waals surface area contributed by atoms with Crippen LogP contribution in [-0.2, 0) is 0 Å². The molecule has 0 aromatic rings. The molecule has 72 valence electrons. The van der Waals surface area contributed by atoms with Crippen LogP contribution in [-0.4, -0.2) is 6.54 Å². The molecule has 0 heterocycles. The molecule has 1 fully saturated rings. The van der Waals surface area contributed by atoms with Crippen LogP contribution in [0.25, 0.3) is 0 Å². The van der Waals surface area contributed by atoms with Gasteiger partial charge in [-0.05, 0) is 43.6 Å². The summed E-state index contributed by atoms with van der Waals surface area (Å²) in [5, 5.41) is 0. The molecule has 0 aliphatic heterocycles. The van der Waals surface area contributed by atoms with Crippen LogP contribution in [0.15, 0.2) is 0 Å². The van der Waals surface area contributed by atoms with Gasteiger partial charge in [-0.3, -0.25) is 0 Å². The molecule has 0 bridgehead atoms. The van der Waals surface area contributed by atoms with Gasteiger partial charge < -0.3 is 5.73 Å². The van der Waals surface area contributed by atoms with Gasteiger partial charge in [0, 0.05) is 0 Å². The largest absolute Gasteiger partial charge is 0.330 e. The Morgan fingerprint density at radius 1 is 1.17 bits per heavy atom. The third kappa shape index (κ3) is 2.78. The monoisotopic (exact) mass is 169 g/mol. The summed E-state index contributed by atoms with van der Waals surface area (Å²) in [6.45, 7) is 5.62. The van der Waals surface area contributed by atoms with Crippen molar-refractivity contribution in [3.05, 3.63) is 0 Å². The average molecular weight is 169 g/mol. The lowest BCUT2D eigenvalue weighted by Gasteiger charge is -2.18. The van der Waals surface area contributed by atoms with E-state index in [-0.39, 0.29) is 0 Å². The number of rotatable bonds is 2. The molecule has 1 aliphatic carbocycles. The van der Waals surface area contributed by atoms with Crippen molar-refractivity contribution in [2.45, 2.75) is 46.0 Å². The first-order chi connectivity index (χ1) is 5.74. The molecule has 0 radical (unpaired) electrons. The molecule has 0 aromatic heterocycles. The Hall–Kier alpha value is -0.0400. The van der Waals surface area contributed by atoms with E-state index in [1.54, 1.807) is 0 Å².